The van der Waals surface area contributed by atoms with Crippen LogP contribution in [0, 0.1) is 0 Å². The molecule has 0 aromatic heterocycles. The fourth-order valence-electron chi connectivity index (χ4n) is 1.18. The highest BCUT2D eigenvalue weighted by Crippen LogP contribution is 2.11. The van der Waals surface area contributed by atoms with Crippen LogP contribution in [0.5, 0.6) is 5.75 Å². The molecule has 16 heavy (non-hydrogen) atoms. The van der Waals surface area contributed by atoms with Crippen molar-refractivity contribution in [2.24, 2.45) is 0 Å². The molecule has 1 rings (SSSR count). The standard InChI is InChI=1S/C13H17NO.ClH/c1-3-10-14-11-4-5-12-6-8-13(15-2)9-7-12;/h3-9,14H,1,10-11H2,2H3;1H/b5-4+;. The number of hydrogen-bond acceptors (Lipinski definition) is 2. The van der Waals surface area contributed by atoms with Crippen molar-refractivity contribution in [1.82, 2.24) is 5.32 Å². The highest BCUT2D eigenvalue weighted by Gasteiger charge is 1.89. The lowest BCUT2D eigenvalue weighted by molar-refractivity contribution is 0.415. The summed E-state index contributed by atoms with van der Waals surface area (Å²) in [6.45, 7) is 5.33. The molecule has 0 spiro atoms. The molecule has 0 saturated heterocycles. The van der Waals surface area contributed by atoms with Gasteiger partial charge in [-0.1, -0.05) is 30.4 Å². The molecular weight excluding hydrogens is 222 g/mol. The van der Waals surface area contributed by atoms with Crippen LogP contribution in [0.25, 0.3) is 6.08 Å². The normalized spacial score (nSPS) is 9.81. The molecule has 1 N–H and O–H groups in total. The van der Waals surface area contributed by atoms with E-state index in [-0.39, 0.29) is 12.4 Å². The van der Waals surface area contributed by atoms with E-state index >= 15 is 0 Å². The lowest BCUT2D eigenvalue weighted by Crippen LogP contribution is -2.12. The van der Waals surface area contributed by atoms with Gasteiger partial charge >= 0.3 is 0 Å². The zero-order valence-corrected chi connectivity index (χ0v) is 10.3. The van der Waals surface area contributed by atoms with Crippen molar-refractivity contribution in [3.63, 3.8) is 0 Å². The van der Waals surface area contributed by atoms with E-state index < -0.39 is 0 Å². The number of nitrogens with one attached hydrogen (secondary N) is 1. The molecule has 0 aliphatic carbocycles. The minimum absolute atomic E-state index is 0. The second-order valence-corrected chi connectivity index (χ2v) is 3.12. The summed E-state index contributed by atoms with van der Waals surface area (Å²) in [7, 11) is 1.67. The van der Waals surface area contributed by atoms with Gasteiger partial charge in [-0.15, -0.1) is 19.0 Å². The fourth-order valence-corrected chi connectivity index (χ4v) is 1.18. The summed E-state index contributed by atoms with van der Waals surface area (Å²) in [5.41, 5.74) is 1.18. The van der Waals surface area contributed by atoms with Gasteiger partial charge in [0.15, 0.2) is 0 Å². The van der Waals surface area contributed by atoms with Gasteiger partial charge in [0, 0.05) is 13.1 Å². The number of hydrogen-bond donors (Lipinski definition) is 1. The van der Waals surface area contributed by atoms with Crippen molar-refractivity contribution in [2.45, 2.75) is 0 Å². The van der Waals surface area contributed by atoms with Crippen LogP contribution >= 0.6 is 12.4 Å². The Hall–Kier alpha value is -1.25. The zero-order chi connectivity index (χ0) is 10.9. The lowest BCUT2D eigenvalue weighted by atomic mass is 10.2. The molecule has 1 aromatic rings. The van der Waals surface area contributed by atoms with E-state index in [0.29, 0.717) is 0 Å². The van der Waals surface area contributed by atoms with Crippen molar-refractivity contribution in [1.29, 1.82) is 0 Å². The van der Waals surface area contributed by atoms with Crippen LogP contribution in [0.15, 0.2) is 43.0 Å². The summed E-state index contributed by atoms with van der Waals surface area (Å²) in [6, 6.07) is 7.97. The summed E-state index contributed by atoms with van der Waals surface area (Å²) in [4.78, 5) is 0. The van der Waals surface area contributed by atoms with Crippen LogP contribution in [0.3, 0.4) is 0 Å². The maximum atomic E-state index is 5.08. The van der Waals surface area contributed by atoms with Crippen LogP contribution in [-0.4, -0.2) is 20.2 Å². The third-order valence-corrected chi connectivity index (χ3v) is 1.98. The van der Waals surface area contributed by atoms with E-state index in [4.69, 9.17) is 4.74 Å². The molecular formula is C13H18ClNO. The molecule has 0 radical (unpaired) electrons. The van der Waals surface area contributed by atoms with Crippen molar-refractivity contribution in [2.75, 3.05) is 20.2 Å². The molecule has 1 aromatic carbocycles. The fraction of sp³-hybridized carbons (Fsp3) is 0.231. The van der Waals surface area contributed by atoms with Gasteiger partial charge in [0.05, 0.1) is 7.11 Å². The first-order valence-corrected chi connectivity index (χ1v) is 4.99. The number of ether oxygens (including phenoxy) is 1. The molecule has 0 saturated carbocycles. The quantitative estimate of drug-likeness (QED) is 0.609. The molecule has 0 heterocycles. The number of benzene rings is 1. The SMILES string of the molecule is C=CCNC/C=C/c1ccc(OC)cc1.Cl. The minimum Gasteiger partial charge on any atom is -0.497 e. The topological polar surface area (TPSA) is 21.3 Å². The number of rotatable bonds is 6. The Kier molecular flexibility index (Phi) is 8.31. The third-order valence-electron chi connectivity index (χ3n) is 1.98. The van der Waals surface area contributed by atoms with Crippen LogP contribution in [-0.2, 0) is 0 Å². The average Bonchev–Trinajstić information content (AvgIpc) is 2.30. The summed E-state index contributed by atoms with van der Waals surface area (Å²) >= 11 is 0. The third kappa shape index (κ3) is 5.59. The summed E-state index contributed by atoms with van der Waals surface area (Å²) < 4.78 is 5.08. The lowest BCUT2D eigenvalue weighted by Gasteiger charge is -1.99. The largest absolute Gasteiger partial charge is 0.497 e. The van der Waals surface area contributed by atoms with Gasteiger partial charge in [-0.25, -0.2) is 0 Å². The van der Waals surface area contributed by atoms with Gasteiger partial charge < -0.3 is 10.1 Å². The van der Waals surface area contributed by atoms with Gasteiger partial charge in [0.1, 0.15) is 5.75 Å². The molecule has 0 aliphatic rings. The molecule has 0 bridgehead atoms. The van der Waals surface area contributed by atoms with Crippen LogP contribution in [0.2, 0.25) is 0 Å². The van der Waals surface area contributed by atoms with Crippen molar-refractivity contribution < 1.29 is 4.74 Å². The Morgan fingerprint density at radius 2 is 1.94 bits per heavy atom. The summed E-state index contributed by atoms with van der Waals surface area (Å²) in [6.07, 6.45) is 6.02. The van der Waals surface area contributed by atoms with E-state index in [9.17, 15) is 0 Å². The van der Waals surface area contributed by atoms with E-state index in [0.717, 1.165) is 18.8 Å². The first-order chi connectivity index (χ1) is 7.36. The highest BCUT2D eigenvalue weighted by molar-refractivity contribution is 5.85. The van der Waals surface area contributed by atoms with Crippen molar-refractivity contribution in [3.8, 4) is 5.75 Å². The molecule has 0 unspecified atom stereocenters. The molecule has 0 amide bonds. The Morgan fingerprint density at radius 1 is 1.25 bits per heavy atom. The van der Waals surface area contributed by atoms with Gasteiger partial charge in [0.25, 0.3) is 0 Å². The molecule has 3 heteroatoms. The van der Waals surface area contributed by atoms with Crippen molar-refractivity contribution in [3.05, 3.63) is 48.6 Å². The minimum atomic E-state index is 0. The Morgan fingerprint density at radius 3 is 2.50 bits per heavy atom. The summed E-state index contributed by atoms with van der Waals surface area (Å²) in [5.74, 6) is 0.886. The van der Waals surface area contributed by atoms with Gasteiger partial charge in [-0.2, -0.15) is 0 Å². The monoisotopic (exact) mass is 239 g/mol. The maximum Gasteiger partial charge on any atom is 0.118 e. The molecule has 88 valence electrons. The Bertz CT molecular complexity index is 319. The molecule has 0 aliphatic heterocycles. The molecule has 2 nitrogen and oxygen atoms in total. The van der Waals surface area contributed by atoms with E-state index in [1.807, 2.05) is 30.3 Å². The zero-order valence-electron chi connectivity index (χ0n) is 9.48. The number of halogens is 1. The van der Waals surface area contributed by atoms with Gasteiger partial charge in [-0.05, 0) is 17.7 Å². The predicted molar refractivity (Wildman–Crippen MR) is 72.3 cm³/mol. The van der Waals surface area contributed by atoms with Crippen LogP contribution in [0.1, 0.15) is 5.56 Å². The number of methoxy groups -OCH3 is 1. The highest BCUT2D eigenvalue weighted by atomic mass is 35.5. The second-order valence-electron chi connectivity index (χ2n) is 3.12. The predicted octanol–water partition coefficient (Wildman–Crippen LogP) is 2.91. The Labute approximate surface area is 103 Å². The van der Waals surface area contributed by atoms with E-state index in [1.165, 1.54) is 5.56 Å². The Balaban J connectivity index is 0.00000225. The first kappa shape index (κ1) is 14.8. The molecule has 0 fully saturated rings. The van der Waals surface area contributed by atoms with E-state index in [2.05, 4.69) is 24.0 Å². The smallest absolute Gasteiger partial charge is 0.118 e. The van der Waals surface area contributed by atoms with Gasteiger partial charge in [-0.3, -0.25) is 0 Å². The summed E-state index contributed by atoms with van der Waals surface area (Å²) in [5, 5.41) is 3.20. The van der Waals surface area contributed by atoms with Crippen LogP contribution in [0.4, 0.5) is 0 Å². The van der Waals surface area contributed by atoms with Crippen molar-refractivity contribution >= 4 is 18.5 Å². The van der Waals surface area contributed by atoms with Gasteiger partial charge in [0.2, 0.25) is 0 Å². The molecule has 0 atom stereocenters. The average molecular weight is 240 g/mol. The second kappa shape index (κ2) is 9.01. The van der Waals surface area contributed by atoms with E-state index in [1.54, 1.807) is 7.11 Å². The maximum absolute atomic E-state index is 5.08. The van der Waals surface area contributed by atoms with Crippen LogP contribution < -0.4 is 10.1 Å². The first-order valence-electron chi connectivity index (χ1n) is 4.99.